The summed E-state index contributed by atoms with van der Waals surface area (Å²) >= 11 is 0. The van der Waals surface area contributed by atoms with Gasteiger partial charge in [-0.2, -0.15) is 0 Å². The zero-order chi connectivity index (χ0) is 11.2. The lowest BCUT2D eigenvalue weighted by molar-refractivity contribution is 0.146. The van der Waals surface area contributed by atoms with Crippen molar-refractivity contribution < 1.29 is 9.47 Å². The monoisotopic (exact) mass is 221 g/mol. The topological polar surface area (TPSA) is 30.5 Å². The molecule has 0 aliphatic heterocycles. The molecule has 1 fully saturated rings. The molecule has 0 amide bonds. The lowest BCUT2D eigenvalue weighted by atomic mass is 10.2. The molecule has 3 heteroatoms. The molecule has 0 aromatic heterocycles. The predicted molar refractivity (Wildman–Crippen MR) is 63.7 cm³/mol. The Morgan fingerprint density at radius 1 is 1.19 bits per heavy atom. The second-order valence-electron chi connectivity index (χ2n) is 4.14. The molecule has 0 spiro atoms. The van der Waals surface area contributed by atoms with Gasteiger partial charge in [0.25, 0.3) is 0 Å². The molecule has 88 valence electrons. The molecule has 2 rings (SSSR count). The van der Waals surface area contributed by atoms with Gasteiger partial charge in [0.05, 0.1) is 6.61 Å². The van der Waals surface area contributed by atoms with Crippen LogP contribution in [0.2, 0.25) is 0 Å². The normalized spacial score (nSPS) is 15.1. The number of methoxy groups -OCH3 is 1. The van der Waals surface area contributed by atoms with Crippen LogP contribution in [0.25, 0.3) is 0 Å². The highest BCUT2D eigenvalue weighted by Crippen LogP contribution is 2.19. The maximum atomic E-state index is 5.49. The summed E-state index contributed by atoms with van der Waals surface area (Å²) in [5, 5.41) is 3.48. The molecule has 0 unspecified atom stereocenters. The van der Waals surface area contributed by atoms with Gasteiger partial charge in [-0.3, -0.25) is 0 Å². The van der Waals surface area contributed by atoms with E-state index in [1.165, 1.54) is 18.4 Å². The molecule has 1 aromatic rings. The molecule has 1 aliphatic rings. The highest BCUT2D eigenvalue weighted by Gasteiger charge is 2.19. The zero-order valence-electron chi connectivity index (χ0n) is 9.74. The molecule has 0 saturated heterocycles. The zero-order valence-corrected chi connectivity index (χ0v) is 9.74. The van der Waals surface area contributed by atoms with Gasteiger partial charge in [0.1, 0.15) is 12.4 Å². The molecule has 1 N–H and O–H groups in total. The van der Waals surface area contributed by atoms with E-state index < -0.39 is 0 Å². The number of nitrogens with one attached hydrogen (secondary N) is 1. The van der Waals surface area contributed by atoms with E-state index in [1.807, 2.05) is 12.1 Å². The van der Waals surface area contributed by atoms with Gasteiger partial charge < -0.3 is 14.8 Å². The Morgan fingerprint density at radius 3 is 2.56 bits per heavy atom. The first-order valence-electron chi connectivity index (χ1n) is 5.82. The average Bonchev–Trinajstić information content (AvgIpc) is 3.12. The molecule has 3 nitrogen and oxygen atoms in total. The van der Waals surface area contributed by atoms with E-state index in [-0.39, 0.29) is 0 Å². The molecular weight excluding hydrogens is 202 g/mol. The van der Waals surface area contributed by atoms with E-state index >= 15 is 0 Å². The fourth-order valence-electron chi connectivity index (χ4n) is 1.50. The van der Waals surface area contributed by atoms with Crippen LogP contribution in [-0.2, 0) is 11.3 Å². The van der Waals surface area contributed by atoms with E-state index in [0.717, 1.165) is 18.3 Å². The molecule has 0 bridgehead atoms. The first-order chi connectivity index (χ1) is 7.88. The van der Waals surface area contributed by atoms with Gasteiger partial charge in [-0.15, -0.1) is 0 Å². The summed E-state index contributed by atoms with van der Waals surface area (Å²) in [5.74, 6) is 0.909. The highest BCUT2D eigenvalue weighted by atomic mass is 16.5. The Balaban J connectivity index is 1.74. The maximum Gasteiger partial charge on any atom is 0.119 e. The standard InChI is InChI=1S/C13H19NO2/c1-15-8-9-16-13-6-2-11(3-7-13)10-14-12-4-5-12/h2-3,6-7,12,14H,4-5,8-10H2,1H3. The third-order valence-electron chi connectivity index (χ3n) is 2.65. The Kier molecular flexibility index (Phi) is 4.19. The number of rotatable bonds is 7. The van der Waals surface area contributed by atoms with Gasteiger partial charge in [-0.1, -0.05) is 12.1 Å². The van der Waals surface area contributed by atoms with Gasteiger partial charge in [0, 0.05) is 19.7 Å². The molecule has 0 atom stereocenters. The summed E-state index contributed by atoms with van der Waals surface area (Å²) in [4.78, 5) is 0. The molecule has 0 radical (unpaired) electrons. The first kappa shape index (κ1) is 11.4. The van der Waals surface area contributed by atoms with E-state index in [0.29, 0.717) is 13.2 Å². The van der Waals surface area contributed by atoms with Gasteiger partial charge in [-0.25, -0.2) is 0 Å². The van der Waals surface area contributed by atoms with E-state index in [9.17, 15) is 0 Å². The van der Waals surface area contributed by atoms with Crippen LogP contribution < -0.4 is 10.1 Å². The Bertz CT molecular complexity index is 306. The highest BCUT2D eigenvalue weighted by molar-refractivity contribution is 5.27. The molecule has 1 saturated carbocycles. The van der Waals surface area contributed by atoms with Crippen LogP contribution >= 0.6 is 0 Å². The van der Waals surface area contributed by atoms with E-state index in [4.69, 9.17) is 9.47 Å². The van der Waals surface area contributed by atoms with Crippen LogP contribution in [0.5, 0.6) is 5.75 Å². The van der Waals surface area contributed by atoms with Crippen LogP contribution in [-0.4, -0.2) is 26.4 Å². The van der Waals surface area contributed by atoms with Crippen molar-refractivity contribution >= 4 is 0 Å². The molecule has 1 aliphatic carbocycles. The smallest absolute Gasteiger partial charge is 0.119 e. The van der Waals surface area contributed by atoms with Crippen molar-refractivity contribution in [1.82, 2.24) is 5.32 Å². The third-order valence-corrected chi connectivity index (χ3v) is 2.65. The number of ether oxygens (including phenoxy) is 2. The summed E-state index contributed by atoms with van der Waals surface area (Å²) in [6.45, 7) is 2.20. The van der Waals surface area contributed by atoms with Gasteiger partial charge >= 0.3 is 0 Å². The van der Waals surface area contributed by atoms with Crippen molar-refractivity contribution in [2.45, 2.75) is 25.4 Å². The Morgan fingerprint density at radius 2 is 1.94 bits per heavy atom. The lowest BCUT2D eigenvalue weighted by Gasteiger charge is -2.07. The molecule has 1 aromatic carbocycles. The minimum absolute atomic E-state index is 0.607. The minimum atomic E-state index is 0.607. The quantitative estimate of drug-likeness (QED) is 0.714. The van der Waals surface area contributed by atoms with Crippen molar-refractivity contribution in [3.63, 3.8) is 0 Å². The summed E-state index contributed by atoms with van der Waals surface area (Å²) in [7, 11) is 1.68. The molecular formula is C13H19NO2. The average molecular weight is 221 g/mol. The Hall–Kier alpha value is -1.06. The molecule has 0 heterocycles. The summed E-state index contributed by atoms with van der Waals surface area (Å²) in [6, 6.07) is 9.01. The summed E-state index contributed by atoms with van der Waals surface area (Å²) in [6.07, 6.45) is 2.66. The van der Waals surface area contributed by atoms with Crippen LogP contribution in [0, 0.1) is 0 Å². The van der Waals surface area contributed by atoms with Crippen molar-refractivity contribution in [2.24, 2.45) is 0 Å². The second-order valence-corrected chi connectivity index (χ2v) is 4.14. The van der Waals surface area contributed by atoms with Crippen molar-refractivity contribution in [3.05, 3.63) is 29.8 Å². The predicted octanol–water partition coefficient (Wildman–Crippen LogP) is 1.96. The maximum absolute atomic E-state index is 5.49. The largest absolute Gasteiger partial charge is 0.491 e. The van der Waals surface area contributed by atoms with Crippen LogP contribution in [0.1, 0.15) is 18.4 Å². The van der Waals surface area contributed by atoms with Crippen LogP contribution in [0.3, 0.4) is 0 Å². The van der Waals surface area contributed by atoms with Crippen molar-refractivity contribution in [1.29, 1.82) is 0 Å². The Labute approximate surface area is 96.8 Å². The van der Waals surface area contributed by atoms with Crippen LogP contribution in [0.4, 0.5) is 0 Å². The van der Waals surface area contributed by atoms with Gasteiger partial charge in [-0.05, 0) is 30.5 Å². The fraction of sp³-hybridized carbons (Fsp3) is 0.538. The third kappa shape index (κ3) is 3.83. The van der Waals surface area contributed by atoms with Crippen molar-refractivity contribution in [2.75, 3.05) is 20.3 Å². The number of hydrogen-bond acceptors (Lipinski definition) is 3. The lowest BCUT2D eigenvalue weighted by Crippen LogP contribution is -2.15. The summed E-state index contributed by atoms with van der Waals surface area (Å²) in [5.41, 5.74) is 1.31. The summed E-state index contributed by atoms with van der Waals surface area (Å²) < 4.78 is 10.4. The molecule has 16 heavy (non-hydrogen) atoms. The fourth-order valence-corrected chi connectivity index (χ4v) is 1.50. The van der Waals surface area contributed by atoms with E-state index in [1.54, 1.807) is 7.11 Å². The first-order valence-corrected chi connectivity index (χ1v) is 5.82. The number of benzene rings is 1. The van der Waals surface area contributed by atoms with E-state index in [2.05, 4.69) is 17.4 Å². The second kappa shape index (κ2) is 5.87. The minimum Gasteiger partial charge on any atom is -0.491 e. The SMILES string of the molecule is COCCOc1ccc(CNC2CC2)cc1. The van der Waals surface area contributed by atoms with Gasteiger partial charge in [0.15, 0.2) is 0 Å². The van der Waals surface area contributed by atoms with Gasteiger partial charge in [0.2, 0.25) is 0 Å². The van der Waals surface area contributed by atoms with Crippen molar-refractivity contribution in [3.8, 4) is 5.75 Å². The van der Waals surface area contributed by atoms with Crippen LogP contribution in [0.15, 0.2) is 24.3 Å². The number of hydrogen-bond donors (Lipinski definition) is 1.